The van der Waals surface area contributed by atoms with Gasteiger partial charge < -0.3 is 71.3 Å². The van der Waals surface area contributed by atoms with E-state index in [1.165, 1.54) is 35.8 Å². The molecule has 5 aliphatic carbocycles. The summed E-state index contributed by atoms with van der Waals surface area (Å²) >= 11 is 3.36. The second-order valence-electron chi connectivity index (χ2n) is 37.5. The van der Waals surface area contributed by atoms with E-state index in [-0.39, 0.29) is 110 Å². The number of hydrogen-bond acceptors (Lipinski definition) is 23. The number of amides is 7. The fourth-order valence-corrected chi connectivity index (χ4v) is 18.3. The van der Waals surface area contributed by atoms with Crippen molar-refractivity contribution in [3.8, 4) is 0 Å². The van der Waals surface area contributed by atoms with Gasteiger partial charge in [0.15, 0.2) is 17.1 Å². The summed E-state index contributed by atoms with van der Waals surface area (Å²) in [4.78, 5) is 169. The number of fused-ring (bicyclic) bond motifs is 8. The number of primary amides is 3. The number of benzene rings is 7. The number of nitrogens with one attached hydrogen (secondary N) is 1. The Morgan fingerprint density at radius 1 is 0.393 bits per heavy atom. The van der Waals surface area contributed by atoms with E-state index in [1.807, 2.05) is 136 Å². The second kappa shape index (κ2) is 44.6. The number of carboxylic acids is 3. The van der Waals surface area contributed by atoms with Crippen LogP contribution in [0, 0.1) is 29.6 Å². The number of carbonyl (C=O) groups excluding carboxylic acids is 11. The van der Waals surface area contributed by atoms with Gasteiger partial charge in [-0.05, 0) is 176 Å². The highest BCUT2D eigenvalue weighted by Crippen LogP contribution is 2.52. The highest BCUT2D eigenvalue weighted by molar-refractivity contribution is 9.08. The number of rotatable bonds is 21. The number of esters is 3. The Morgan fingerprint density at radius 3 is 0.993 bits per heavy atom. The molecule has 7 amide bonds. The summed E-state index contributed by atoms with van der Waals surface area (Å²) in [6.45, 7) is 11.1. The number of para-hydroxylation sites is 3. The molecule has 0 radical (unpaired) electrons. The Labute approximate surface area is 810 Å². The van der Waals surface area contributed by atoms with Crippen LogP contribution in [-0.2, 0) is 112 Å². The number of aliphatic carboxylic acids is 3. The van der Waals surface area contributed by atoms with E-state index in [2.05, 4.69) is 48.7 Å². The van der Waals surface area contributed by atoms with Crippen LogP contribution in [0.2, 0.25) is 0 Å². The normalized spacial score (nSPS) is 22.7. The van der Waals surface area contributed by atoms with E-state index in [4.69, 9.17) is 55.9 Å². The van der Waals surface area contributed by atoms with Crippen LogP contribution < -0.4 is 22.5 Å². The van der Waals surface area contributed by atoms with Crippen molar-refractivity contribution in [3.05, 3.63) is 233 Å². The first-order valence-electron chi connectivity index (χ1n) is 45.6. The van der Waals surface area contributed by atoms with Crippen LogP contribution in [0.4, 0.5) is 22.8 Å². The van der Waals surface area contributed by atoms with Crippen LogP contribution >= 0.6 is 15.9 Å². The standard InChI is InChI=1S/C23H22N4O4.C18H23NO4.C16H16N4O4.C13H15NO2.C11H17NO4.C10H9N3O3.C7H7Br.C2HF3O/c24-22(29)21-16-8-4-5-9-17(16)26(25-21)12-20(28)27-18-10-15(18)11-19(27)23(30)31-13-14-6-2-1-3-7-14;1-18(2,3)23-17(21)19-14-9-13(14)10-15(19)16(20)22-11-12-7-5-4-6-8-12;17-15(22)14-9-3-1-2-4-10(9)19(18-14)7-13(21)20-11-5-8(11)6-12(20)16(23)24;15-13(12-7-10-6-11(10)14-12)16-8-9-4-2-1-3-5-9;1-11(2,3)16-10(15)12-7-4-6(7)5-8(12)9(13)14;11-10(16)9-6-3-1-2-4-7(6)13(12-9)5-8(14)15;8-6-7-4-2-1-3-5-7;3-2(4,5)1-6/h1-9,15,18-19H,10-13H2,(H2,24,29);4-8,13-15H,9-11H2,1-3H3;1-4,8,11-12H,5-7H2,(H2,17,22)(H,23,24);1-5,10-12,14H,6-8H2;6-8H,4-5H2,1-3H3,(H,13,14);1-4H,5H2,(H2,11,16)(H,14,15);1-5H,6H2;1H/t15-,18-,19+;13-,14-,15+;8-,11-,12+;10-,11-,12+;6-,7-,8+;;;/m11111.../s1. The number of piperidine rings is 5. The Hall–Kier alpha value is -14.4. The number of alkyl halides is 4. The molecule has 36 nitrogen and oxygen atoms in total. The minimum atomic E-state index is -4.64. The monoisotopic (exact) mass is 1990 g/mol. The highest BCUT2D eigenvalue weighted by Gasteiger charge is 2.61. The fourth-order valence-electron chi connectivity index (χ4n) is 17.9. The fraction of sp³-hybridized carbons (Fsp3) is 0.410. The lowest BCUT2D eigenvalue weighted by Crippen LogP contribution is -2.46. The maximum absolute atomic E-state index is 13.2. The molecule has 20 rings (SSSR count). The average Bonchev–Trinajstić information content (AvgIpc) is 1.59. The van der Waals surface area contributed by atoms with Crippen LogP contribution in [0.3, 0.4) is 0 Å². The third kappa shape index (κ3) is 26.9. The van der Waals surface area contributed by atoms with E-state index >= 15 is 0 Å². The number of aldehydes is 1. The van der Waals surface area contributed by atoms with Gasteiger partial charge in [-0.2, -0.15) is 28.5 Å². The molecular weight excluding hydrogens is 1890 g/mol. The van der Waals surface area contributed by atoms with Gasteiger partial charge in [0.05, 0.1) is 16.6 Å². The molecule has 5 saturated heterocycles. The van der Waals surface area contributed by atoms with E-state index in [9.17, 15) is 80.6 Å². The molecule has 15 atom stereocenters. The van der Waals surface area contributed by atoms with Crippen LogP contribution in [0.15, 0.2) is 194 Å². The molecule has 8 heterocycles. The Kier molecular flexibility index (Phi) is 32.8. The number of nitrogens with two attached hydrogens (primary N) is 3. The number of likely N-dealkylation sites (tertiary alicyclic amines) is 4. The lowest BCUT2D eigenvalue weighted by Gasteiger charge is -2.29. The van der Waals surface area contributed by atoms with Crippen molar-refractivity contribution < 1.29 is 119 Å². The van der Waals surface area contributed by atoms with Crippen LogP contribution in [0.25, 0.3) is 32.7 Å². The van der Waals surface area contributed by atoms with Crippen LogP contribution in [0.1, 0.15) is 159 Å². The van der Waals surface area contributed by atoms with Crippen molar-refractivity contribution in [1.82, 2.24) is 54.3 Å². The number of nitrogens with zero attached hydrogens (tertiary/aromatic N) is 10. The first-order chi connectivity index (χ1) is 66.5. The molecule has 0 unspecified atom stereocenters. The van der Waals surface area contributed by atoms with Gasteiger partial charge in [0.25, 0.3) is 17.7 Å². The first kappa shape index (κ1) is 103. The third-order valence-electron chi connectivity index (χ3n) is 24.8. The Bertz CT molecular complexity index is 6210. The smallest absolute Gasteiger partial charge is 0.446 e. The largest absolute Gasteiger partial charge is 0.480 e. The van der Waals surface area contributed by atoms with Gasteiger partial charge in [-0.1, -0.05) is 192 Å². The molecule has 40 heteroatoms. The molecular formula is C100H110BrF3N14O22. The number of aromatic nitrogens is 6. The van der Waals surface area contributed by atoms with Crippen molar-refractivity contribution >= 4 is 132 Å². The number of halogens is 4. The predicted molar refractivity (Wildman–Crippen MR) is 502 cm³/mol. The van der Waals surface area contributed by atoms with E-state index in [1.54, 1.807) is 97.3 Å². The summed E-state index contributed by atoms with van der Waals surface area (Å²) in [7, 11) is 0. The van der Waals surface area contributed by atoms with Crippen LogP contribution in [0.5, 0.6) is 0 Å². The molecule has 0 spiro atoms. The number of carbonyl (C=O) groups is 14. The molecule has 0 bridgehead atoms. The summed E-state index contributed by atoms with van der Waals surface area (Å²) in [6, 6.07) is 58.4. The molecule has 3 aromatic heterocycles. The van der Waals surface area contributed by atoms with Crippen molar-refractivity contribution in [1.29, 1.82) is 0 Å². The van der Waals surface area contributed by atoms with Gasteiger partial charge in [-0.25, -0.2) is 28.8 Å². The molecule has 5 aliphatic heterocycles. The van der Waals surface area contributed by atoms with Crippen molar-refractivity contribution in [2.24, 2.45) is 46.8 Å². The molecule has 10 aliphatic rings. The summed E-state index contributed by atoms with van der Waals surface area (Å²) in [5, 5.41) is 45.3. The third-order valence-corrected chi connectivity index (χ3v) is 25.5. The van der Waals surface area contributed by atoms with E-state index in [0.717, 1.165) is 60.0 Å². The maximum Gasteiger partial charge on any atom is 0.446 e. The molecule has 140 heavy (non-hydrogen) atoms. The minimum Gasteiger partial charge on any atom is -0.480 e. The highest BCUT2D eigenvalue weighted by atomic mass is 79.9. The summed E-state index contributed by atoms with van der Waals surface area (Å²) in [5.74, 6) is -4.08. The Balaban J connectivity index is 0.000000139. The van der Waals surface area contributed by atoms with Gasteiger partial charge >= 0.3 is 54.2 Å². The number of ether oxygens (including phenoxy) is 5. The zero-order chi connectivity index (χ0) is 101. The lowest BCUT2D eigenvalue weighted by molar-refractivity contribution is -0.156. The SMILES string of the molecule is BrCc1ccccc1.CC(C)(C)OC(=O)N1[C@@H]2C[C@@H]2C[C@H]1C(=O)O.CC(C)(C)OC(=O)N1[C@@H]2C[C@@H]2C[C@H]1C(=O)OCc1ccccc1.NC(=O)c1nn(CC(=O)N2[C@@H]3C[C@@H]3C[C@H]2C(=O)O)c2ccccc12.NC(=O)c1nn(CC(=O)N2[C@@H]3C[C@@H]3C[C@H]2C(=O)OCc2ccccc2)c2ccccc12.NC(=O)c1nn(CC(=O)O)c2ccccc12.O=C(OCc1ccccc1)[C@@H]1C[C@H]2C[C@H]2N1.O=CC(F)(F)F. The molecule has 10 fully saturated rings. The molecule has 10 aromatic rings. The van der Waals surface area contributed by atoms with Gasteiger partial charge in [-0.15, -0.1) is 0 Å². The quantitative estimate of drug-likeness (QED) is 0.0152. The van der Waals surface area contributed by atoms with Gasteiger partial charge in [0, 0.05) is 51.7 Å². The van der Waals surface area contributed by atoms with Gasteiger partial charge in [0.1, 0.15) is 80.9 Å². The molecule has 10 N–H and O–H groups in total. The zero-order valence-corrected chi connectivity index (χ0v) is 79.1. The lowest BCUT2D eigenvalue weighted by atomic mass is 10.1. The average molecular weight is 2000 g/mol. The van der Waals surface area contributed by atoms with Crippen molar-refractivity contribution in [2.45, 2.75) is 228 Å². The maximum atomic E-state index is 13.2. The number of carboxylic acid groups (broad SMARTS) is 3. The summed E-state index contributed by atoms with van der Waals surface area (Å²) in [6.07, 6.45) is 1.61. The first-order valence-corrected chi connectivity index (χ1v) is 46.8. The summed E-state index contributed by atoms with van der Waals surface area (Å²) in [5.41, 5.74) is 21.2. The van der Waals surface area contributed by atoms with Gasteiger partial charge in [-0.3, -0.25) is 62.2 Å². The molecule has 7 aromatic carbocycles. The minimum absolute atomic E-state index is 0.0241. The van der Waals surface area contributed by atoms with Crippen molar-refractivity contribution in [2.75, 3.05) is 0 Å². The number of hydrogen-bond donors (Lipinski definition) is 7. The Morgan fingerprint density at radius 2 is 0.686 bits per heavy atom. The van der Waals surface area contributed by atoms with E-state index < -0.39 is 95.6 Å². The molecule has 740 valence electrons. The predicted octanol–water partition coefficient (Wildman–Crippen LogP) is 11.7. The van der Waals surface area contributed by atoms with Gasteiger partial charge in [0.2, 0.25) is 18.1 Å². The second-order valence-corrected chi connectivity index (χ2v) is 38.0. The topological polar surface area (TPSA) is 502 Å². The molecule has 5 saturated carbocycles. The van der Waals surface area contributed by atoms with Crippen LogP contribution in [-0.4, -0.2) is 226 Å². The van der Waals surface area contributed by atoms with Crippen molar-refractivity contribution in [3.63, 3.8) is 0 Å². The van der Waals surface area contributed by atoms with E-state index in [0.29, 0.717) is 94.7 Å². The summed E-state index contributed by atoms with van der Waals surface area (Å²) < 4.78 is 62.3. The zero-order valence-electron chi connectivity index (χ0n) is 77.5.